The number of amides is 8. The number of aliphatic hydroxyl groups is 1. The van der Waals surface area contributed by atoms with E-state index in [1.54, 1.807) is 16.8 Å². The van der Waals surface area contributed by atoms with Crippen molar-refractivity contribution in [2.75, 3.05) is 39.8 Å². The quantitative estimate of drug-likeness (QED) is 0.0460. The lowest BCUT2D eigenvalue weighted by molar-refractivity contribution is -0.197. The minimum Gasteiger partial charge on any atom is -0.387 e. The van der Waals surface area contributed by atoms with E-state index in [2.05, 4.69) is 26.6 Å². The maximum atomic E-state index is 15.3. The molecule has 368 valence electrons. The van der Waals surface area contributed by atoms with E-state index in [-0.39, 0.29) is 76.8 Å². The molecular weight excluding hydrogens is 893 g/mol. The number of carbonyl (C=O) groups is 9. The molecule has 2 aromatic carbocycles. The Morgan fingerprint density at radius 1 is 0.868 bits per heavy atom. The number of likely N-dealkylation sites (N-methyl/N-ethyl adjacent to an activating group) is 1. The van der Waals surface area contributed by atoms with Crippen molar-refractivity contribution >= 4 is 53.2 Å². The van der Waals surface area contributed by atoms with Gasteiger partial charge in [-0.3, -0.25) is 38.4 Å². The summed E-state index contributed by atoms with van der Waals surface area (Å²) < 4.78 is 31.6. The first-order valence-corrected chi connectivity index (χ1v) is 22.0. The highest BCUT2D eigenvalue weighted by Gasteiger charge is 2.38. The summed E-state index contributed by atoms with van der Waals surface area (Å²) in [7, 11) is 1.48. The van der Waals surface area contributed by atoms with Gasteiger partial charge in [0, 0.05) is 74.9 Å². The normalized spacial score (nSPS) is 13.8. The molecular formula is C46H59F2N9O11. The number of benzene rings is 2. The molecule has 0 saturated carbocycles. The molecule has 0 bridgehead atoms. The molecule has 4 rings (SSSR count). The Balaban J connectivity index is 1.59. The Morgan fingerprint density at radius 2 is 1.54 bits per heavy atom. The molecule has 1 aliphatic rings. The fourth-order valence-corrected chi connectivity index (χ4v) is 7.52. The summed E-state index contributed by atoms with van der Waals surface area (Å²) >= 11 is 0. The average Bonchev–Trinajstić information content (AvgIpc) is 3.83. The Morgan fingerprint density at radius 3 is 2.18 bits per heavy atom. The summed E-state index contributed by atoms with van der Waals surface area (Å²) in [4.78, 5) is 120. The average molecular weight is 952 g/mol. The topological polar surface area (TPSA) is 281 Å². The van der Waals surface area contributed by atoms with E-state index in [4.69, 9.17) is 10.6 Å². The Hall–Kier alpha value is -7.07. The molecule has 68 heavy (non-hydrogen) atoms. The zero-order chi connectivity index (χ0) is 50.1. The number of nitrogens with zero attached hydrogens (tertiary/aromatic N) is 3. The molecule has 1 saturated heterocycles. The van der Waals surface area contributed by atoms with Gasteiger partial charge in [-0.2, -0.15) is 0 Å². The molecule has 3 atom stereocenters. The Bertz CT molecular complexity index is 2300. The van der Waals surface area contributed by atoms with Crippen LogP contribution in [-0.2, 0) is 54.5 Å². The number of primary amides is 1. The lowest BCUT2D eigenvalue weighted by Gasteiger charge is -2.41. The van der Waals surface area contributed by atoms with Crippen LogP contribution in [0.5, 0.6) is 0 Å². The van der Waals surface area contributed by atoms with Gasteiger partial charge in [0.1, 0.15) is 30.3 Å². The smallest absolute Gasteiger partial charge is 0.333 e. The number of halogens is 2. The molecule has 0 aliphatic carbocycles. The number of carbonyl (C=O) groups excluding carboxylic acids is 9. The van der Waals surface area contributed by atoms with Gasteiger partial charge in [0.05, 0.1) is 19.0 Å². The standard InChI is InChI=1S/C46H59F2N9O11/c1-46(2,3)43(35-21-29(31-22-30(47)13-14-32(31)48)26-55(35)25-28-9-6-5-7-10-28)56(41(64)27-58)20-17-33(54-45(67)34(23-36(49)59)53-38(61)24-50-4)44(66)52-19-18-51-37(60)11-8-12-42(65)68-57-39(62)15-16-40(57)63/h5-7,9-10,13-14,21-22,26,33-34,43,50,58H,8,11-12,15-20,23-25,27H2,1-4H3,(H2,49,59)(H,51,60)(H,52,66)(H,53,61)(H,54,67)/t33-,34-,43-/m0/s1. The monoisotopic (exact) mass is 951 g/mol. The van der Waals surface area contributed by atoms with Crippen LogP contribution >= 0.6 is 0 Å². The van der Waals surface area contributed by atoms with Gasteiger partial charge in [-0.25, -0.2) is 13.6 Å². The van der Waals surface area contributed by atoms with Crippen LogP contribution in [0.1, 0.15) is 83.0 Å². The van der Waals surface area contributed by atoms with E-state index < -0.39 is 101 Å². The van der Waals surface area contributed by atoms with Gasteiger partial charge in [0.25, 0.3) is 11.8 Å². The predicted octanol–water partition coefficient (Wildman–Crippen LogP) is 0.854. The first-order chi connectivity index (χ1) is 32.2. The zero-order valence-electron chi connectivity index (χ0n) is 38.4. The second kappa shape index (κ2) is 25.2. The second-order valence-corrected chi connectivity index (χ2v) is 17.1. The van der Waals surface area contributed by atoms with Crippen LogP contribution in [0.2, 0.25) is 0 Å². The Labute approximate surface area is 391 Å². The summed E-state index contributed by atoms with van der Waals surface area (Å²) in [6.07, 6.45) is 0.127. The molecule has 8 N–H and O–H groups in total. The minimum atomic E-state index is -1.52. The second-order valence-electron chi connectivity index (χ2n) is 17.1. The van der Waals surface area contributed by atoms with Gasteiger partial charge in [-0.15, -0.1) is 5.06 Å². The molecule has 8 amide bonds. The number of hydroxylamine groups is 2. The molecule has 3 aromatic rings. The van der Waals surface area contributed by atoms with Crippen LogP contribution in [-0.4, -0.2) is 125 Å². The largest absolute Gasteiger partial charge is 0.387 e. The number of imide groups is 1. The summed E-state index contributed by atoms with van der Waals surface area (Å²) in [5.41, 5.74) is 6.11. The molecule has 0 unspecified atom stereocenters. The van der Waals surface area contributed by atoms with E-state index in [0.717, 1.165) is 23.8 Å². The van der Waals surface area contributed by atoms with E-state index in [0.29, 0.717) is 16.3 Å². The molecule has 1 aliphatic heterocycles. The zero-order valence-corrected chi connectivity index (χ0v) is 38.4. The first kappa shape index (κ1) is 53.5. The van der Waals surface area contributed by atoms with Crippen LogP contribution in [0.25, 0.3) is 11.1 Å². The van der Waals surface area contributed by atoms with E-state index in [9.17, 15) is 52.6 Å². The van der Waals surface area contributed by atoms with Crippen molar-refractivity contribution in [2.45, 2.75) is 90.4 Å². The van der Waals surface area contributed by atoms with Gasteiger partial charge < -0.3 is 51.7 Å². The Kier molecular flexibility index (Phi) is 19.8. The van der Waals surface area contributed by atoms with Crippen LogP contribution in [0, 0.1) is 17.0 Å². The van der Waals surface area contributed by atoms with Gasteiger partial charge in [-0.05, 0) is 55.1 Å². The van der Waals surface area contributed by atoms with E-state index in [1.807, 2.05) is 51.1 Å². The molecule has 1 aromatic heterocycles. The van der Waals surface area contributed by atoms with Crippen molar-refractivity contribution < 1.29 is 61.9 Å². The van der Waals surface area contributed by atoms with Crippen molar-refractivity contribution in [3.05, 3.63) is 83.7 Å². The predicted molar refractivity (Wildman–Crippen MR) is 240 cm³/mol. The van der Waals surface area contributed by atoms with Crippen molar-refractivity contribution in [3.8, 4) is 11.1 Å². The fourth-order valence-electron chi connectivity index (χ4n) is 7.52. The lowest BCUT2D eigenvalue weighted by Crippen LogP contribution is -2.56. The molecule has 0 radical (unpaired) electrons. The molecule has 22 heteroatoms. The number of hydrogen-bond donors (Lipinski definition) is 7. The van der Waals surface area contributed by atoms with Crippen molar-refractivity contribution in [1.82, 2.24) is 41.1 Å². The number of rotatable bonds is 25. The van der Waals surface area contributed by atoms with E-state index >= 15 is 4.39 Å². The minimum absolute atomic E-state index is 0.0112. The number of nitrogens with two attached hydrogens (primary N) is 1. The van der Waals surface area contributed by atoms with Crippen molar-refractivity contribution in [1.29, 1.82) is 0 Å². The molecule has 0 spiro atoms. The summed E-state index contributed by atoms with van der Waals surface area (Å²) in [5.74, 6) is -8.19. The summed E-state index contributed by atoms with van der Waals surface area (Å²) in [6, 6.07) is 9.99. The van der Waals surface area contributed by atoms with Crippen molar-refractivity contribution in [3.63, 3.8) is 0 Å². The third-order valence-electron chi connectivity index (χ3n) is 10.6. The number of nitrogens with one attached hydrogen (secondary N) is 5. The highest BCUT2D eigenvalue weighted by Crippen LogP contribution is 2.41. The highest BCUT2D eigenvalue weighted by atomic mass is 19.1. The maximum Gasteiger partial charge on any atom is 0.333 e. The third-order valence-corrected chi connectivity index (χ3v) is 10.6. The lowest BCUT2D eigenvalue weighted by atomic mass is 9.82. The van der Waals surface area contributed by atoms with Gasteiger partial charge in [0.15, 0.2) is 0 Å². The summed E-state index contributed by atoms with van der Waals surface area (Å²) in [6.45, 7) is 3.90. The van der Waals surface area contributed by atoms with Crippen LogP contribution < -0.4 is 32.3 Å². The van der Waals surface area contributed by atoms with Crippen LogP contribution in [0.3, 0.4) is 0 Å². The number of aliphatic hydroxyl groups excluding tert-OH is 1. The van der Waals surface area contributed by atoms with Gasteiger partial charge >= 0.3 is 5.97 Å². The number of aromatic nitrogens is 1. The SMILES string of the molecule is CNCC(=O)N[C@@H](CC(N)=O)C(=O)N[C@@H](CCN(C(=O)CO)[C@@H](c1cc(-c2cc(F)ccc2F)cn1Cc1ccccc1)C(C)(C)C)C(=O)NCCNC(=O)CCCC(=O)ON1C(=O)CCC1=O. The highest BCUT2D eigenvalue weighted by molar-refractivity contribution is 6.01. The van der Waals surface area contributed by atoms with Gasteiger partial charge in [0.2, 0.25) is 35.4 Å². The summed E-state index contributed by atoms with van der Waals surface area (Å²) in [5, 5.41) is 23.5. The maximum absolute atomic E-state index is 15.3. The molecule has 20 nitrogen and oxygen atoms in total. The van der Waals surface area contributed by atoms with Crippen molar-refractivity contribution in [2.24, 2.45) is 11.1 Å². The fraction of sp³-hybridized carbons (Fsp3) is 0.457. The molecule has 2 heterocycles. The van der Waals surface area contributed by atoms with Gasteiger partial charge in [-0.1, -0.05) is 51.1 Å². The third kappa shape index (κ3) is 15.8. The van der Waals surface area contributed by atoms with Crippen LogP contribution in [0.15, 0.2) is 60.8 Å². The van der Waals surface area contributed by atoms with Crippen LogP contribution in [0.4, 0.5) is 8.78 Å². The first-order valence-electron chi connectivity index (χ1n) is 22.0. The van der Waals surface area contributed by atoms with E-state index in [1.165, 1.54) is 11.9 Å². The number of hydrogen-bond acceptors (Lipinski definition) is 12. The molecule has 1 fully saturated rings.